The van der Waals surface area contributed by atoms with Gasteiger partial charge in [0.05, 0.1) is 0 Å². The van der Waals surface area contributed by atoms with Gasteiger partial charge in [0.25, 0.3) is 5.92 Å². The van der Waals surface area contributed by atoms with Crippen LogP contribution in [0.15, 0.2) is 54.2 Å². The molecule has 0 aliphatic heterocycles. The van der Waals surface area contributed by atoms with Gasteiger partial charge in [-0.2, -0.15) is 0 Å². The number of alkyl halides is 2. The van der Waals surface area contributed by atoms with Crippen LogP contribution in [-0.2, 0) is 15.5 Å². The number of carbonyl (C=O) groups is 2. The van der Waals surface area contributed by atoms with Crippen molar-refractivity contribution in [3.8, 4) is 12.3 Å². The number of Topliss-reactive ketones (excluding diaryl/α,β-unsaturated/α-hetero) is 1. The summed E-state index contributed by atoms with van der Waals surface area (Å²) in [6.45, 7) is 11.3. The zero-order chi connectivity index (χ0) is 33.0. The second-order valence-corrected chi connectivity index (χ2v) is 13.6. The predicted molar refractivity (Wildman–Crippen MR) is 177 cm³/mol. The maximum absolute atomic E-state index is 13.6. The fourth-order valence-electron chi connectivity index (χ4n) is 6.03. The standard InChI is InChI=1S/C22H27NO3.C17H23F2/c1-5-16-12-13-23-19(14-16)20(24)11-10-17-6-8-18(9-7-17)15-21(25)26-22(2,3)4;1-3-17(18,19)16-11-9-15(10-12-16)14-6-4-5-13(2)7-8-14/h1,12-15,17H,6-11H2,2-4H3;9-14H,2-8H2,1H3. The molecule has 2 aliphatic rings. The van der Waals surface area contributed by atoms with Crippen LogP contribution in [0.4, 0.5) is 8.78 Å². The third kappa shape index (κ3) is 12.2. The third-order valence-corrected chi connectivity index (χ3v) is 8.80. The van der Waals surface area contributed by atoms with Gasteiger partial charge in [-0.1, -0.05) is 62.4 Å². The van der Waals surface area contributed by atoms with Crippen molar-refractivity contribution in [2.24, 2.45) is 11.8 Å². The Morgan fingerprint density at radius 3 is 2.36 bits per heavy atom. The molecule has 0 N–H and O–H groups in total. The summed E-state index contributed by atoms with van der Waals surface area (Å²) in [5.74, 6) is 1.20. The van der Waals surface area contributed by atoms with E-state index in [-0.39, 0.29) is 23.7 Å². The second kappa shape index (κ2) is 16.8. The number of benzene rings is 1. The van der Waals surface area contributed by atoms with Crippen LogP contribution >= 0.6 is 0 Å². The Kier molecular flexibility index (Phi) is 13.5. The summed E-state index contributed by atoms with van der Waals surface area (Å²) in [4.78, 5) is 28.3. The van der Waals surface area contributed by atoms with Crippen molar-refractivity contribution in [2.45, 2.75) is 122 Å². The lowest BCUT2D eigenvalue weighted by Gasteiger charge is -2.24. The highest BCUT2D eigenvalue weighted by molar-refractivity contribution is 5.94. The predicted octanol–water partition coefficient (Wildman–Crippen LogP) is 10.2. The fourth-order valence-corrected chi connectivity index (χ4v) is 6.03. The van der Waals surface area contributed by atoms with Crippen LogP contribution in [0.5, 0.6) is 0 Å². The molecule has 4 nitrogen and oxygen atoms in total. The number of hydrogen-bond acceptors (Lipinski definition) is 4. The second-order valence-electron chi connectivity index (χ2n) is 13.6. The molecular formula is C39H50F2NO3. The van der Waals surface area contributed by atoms with Gasteiger partial charge in [-0.3, -0.25) is 9.78 Å². The molecule has 2 unspecified atom stereocenters. The first kappa shape index (κ1) is 36.1. The molecule has 2 aromatic rings. The first-order valence-corrected chi connectivity index (χ1v) is 16.5. The van der Waals surface area contributed by atoms with Crippen LogP contribution in [0.3, 0.4) is 0 Å². The van der Waals surface area contributed by atoms with Crippen molar-refractivity contribution in [3.05, 3.63) is 83.6 Å². The van der Waals surface area contributed by atoms with Gasteiger partial charge >= 0.3 is 5.97 Å². The van der Waals surface area contributed by atoms with Gasteiger partial charge in [0.2, 0.25) is 0 Å². The lowest BCUT2D eigenvalue weighted by atomic mass is 9.82. The summed E-state index contributed by atoms with van der Waals surface area (Å²) in [5.41, 5.74) is 3.16. The van der Waals surface area contributed by atoms with E-state index in [0.717, 1.165) is 56.9 Å². The Morgan fingerprint density at radius 2 is 1.73 bits per heavy atom. The first-order chi connectivity index (χ1) is 21.3. The summed E-state index contributed by atoms with van der Waals surface area (Å²) in [5, 5.41) is 0. The smallest absolute Gasteiger partial charge is 0.331 e. The Hall–Kier alpha value is -3.33. The molecule has 2 saturated carbocycles. The zero-order valence-electron chi connectivity index (χ0n) is 27.5. The Labute approximate surface area is 269 Å². The molecule has 2 aliphatic carbocycles. The molecule has 0 amide bonds. The summed E-state index contributed by atoms with van der Waals surface area (Å²) in [6, 6.07) is 10.4. The van der Waals surface area contributed by atoms with Gasteiger partial charge in [-0.25, -0.2) is 13.6 Å². The van der Waals surface area contributed by atoms with Gasteiger partial charge in [0, 0.05) is 36.2 Å². The summed E-state index contributed by atoms with van der Waals surface area (Å²) >= 11 is 0. The van der Waals surface area contributed by atoms with Gasteiger partial charge in [-0.15, -0.1) is 6.42 Å². The molecule has 4 rings (SSSR count). The number of hydrogen-bond donors (Lipinski definition) is 0. The number of esters is 1. The van der Waals surface area contributed by atoms with Crippen molar-refractivity contribution in [1.29, 1.82) is 0 Å². The number of rotatable bonds is 8. The van der Waals surface area contributed by atoms with E-state index in [2.05, 4.69) is 17.8 Å². The highest BCUT2D eigenvalue weighted by Crippen LogP contribution is 2.36. The van der Waals surface area contributed by atoms with Crippen LogP contribution in [0.1, 0.15) is 138 Å². The van der Waals surface area contributed by atoms with Crippen LogP contribution in [0.2, 0.25) is 0 Å². The van der Waals surface area contributed by atoms with Crippen LogP contribution in [-0.4, -0.2) is 22.3 Å². The van der Waals surface area contributed by atoms with Gasteiger partial charge < -0.3 is 4.74 Å². The summed E-state index contributed by atoms with van der Waals surface area (Å²) in [7, 11) is 0. The minimum atomic E-state index is -2.69. The first-order valence-electron chi connectivity index (χ1n) is 16.5. The van der Waals surface area contributed by atoms with E-state index in [9.17, 15) is 18.4 Å². The third-order valence-electron chi connectivity index (χ3n) is 8.80. The maximum Gasteiger partial charge on any atom is 0.331 e. The number of halogens is 2. The van der Waals surface area contributed by atoms with E-state index >= 15 is 0 Å². The number of nitrogens with zero attached hydrogens (tertiary/aromatic N) is 1. The van der Waals surface area contributed by atoms with Crippen LogP contribution in [0, 0.1) is 31.1 Å². The van der Waals surface area contributed by atoms with E-state index in [1.165, 1.54) is 25.3 Å². The minimum Gasteiger partial charge on any atom is -0.457 e. The highest BCUT2D eigenvalue weighted by Gasteiger charge is 2.29. The minimum absolute atomic E-state index is 0.0391. The summed E-state index contributed by atoms with van der Waals surface area (Å²) in [6.07, 6.45) is 19.4. The van der Waals surface area contributed by atoms with E-state index < -0.39 is 11.5 Å². The number of ether oxygens (including phenoxy) is 1. The SMILES string of the molecule is C#Cc1ccnc(C(=O)CCC2CCC(=CC(=O)OC(C)(C)C)CC2)c1.[CH2]C1CCCC(c2ccc(C(F)(F)CC)cc2)CC1. The lowest BCUT2D eigenvalue weighted by Crippen LogP contribution is -2.23. The number of ketones is 1. The van der Waals surface area contributed by atoms with Gasteiger partial charge in [0.1, 0.15) is 11.3 Å². The molecule has 2 atom stereocenters. The highest BCUT2D eigenvalue weighted by atomic mass is 19.3. The largest absolute Gasteiger partial charge is 0.457 e. The fraction of sp³-hybridized carbons (Fsp3) is 0.538. The van der Waals surface area contributed by atoms with Crippen molar-refractivity contribution in [2.75, 3.05) is 0 Å². The number of aromatic nitrogens is 1. The van der Waals surface area contributed by atoms with Crippen molar-refractivity contribution >= 4 is 11.8 Å². The van der Waals surface area contributed by atoms with Crippen molar-refractivity contribution in [3.63, 3.8) is 0 Å². The normalized spacial score (nSPS) is 20.6. The molecule has 1 heterocycles. The molecule has 0 spiro atoms. The quantitative estimate of drug-likeness (QED) is 0.0971. The molecule has 1 aromatic heterocycles. The molecular weight excluding hydrogens is 568 g/mol. The summed E-state index contributed by atoms with van der Waals surface area (Å²) < 4.78 is 32.5. The number of allylic oxidation sites excluding steroid dienone is 1. The van der Waals surface area contributed by atoms with E-state index in [1.54, 1.807) is 36.5 Å². The van der Waals surface area contributed by atoms with E-state index in [4.69, 9.17) is 11.2 Å². The average Bonchev–Trinajstić information content (AvgIpc) is 3.24. The zero-order valence-corrected chi connectivity index (χ0v) is 27.5. The molecule has 2 fully saturated rings. The molecule has 1 aromatic carbocycles. The van der Waals surface area contributed by atoms with Crippen molar-refractivity contribution < 1.29 is 23.1 Å². The van der Waals surface area contributed by atoms with Crippen LogP contribution < -0.4 is 0 Å². The number of pyridine rings is 1. The van der Waals surface area contributed by atoms with Crippen LogP contribution in [0.25, 0.3) is 0 Å². The Morgan fingerprint density at radius 1 is 1.04 bits per heavy atom. The molecule has 0 bridgehead atoms. The lowest BCUT2D eigenvalue weighted by molar-refractivity contribution is -0.148. The average molecular weight is 619 g/mol. The van der Waals surface area contributed by atoms with E-state index in [1.807, 2.05) is 32.9 Å². The monoisotopic (exact) mass is 618 g/mol. The maximum atomic E-state index is 13.6. The molecule has 45 heavy (non-hydrogen) atoms. The van der Waals surface area contributed by atoms with Gasteiger partial charge in [-0.05, 0) is 108 Å². The molecule has 0 saturated heterocycles. The Bertz CT molecular complexity index is 1320. The van der Waals surface area contributed by atoms with Crippen molar-refractivity contribution in [1.82, 2.24) is 4.98 Å². The Balaban J connectivity index is 0.000000257. The molecule has 243 valence electrons. The number of terminal acetylenes is 1. The topological polar surface area (TPSA) is 56.3 Å². The number of carbonyl (C=O) groups excluding carboxylic acids is 2. The van der Waals surface area contributed by atoms with Gasteiger partial charge in [0.15, 0.2) is 5.78 Å². The van der Waals surface area contributed by atoms with E-state index in [0.29, 0.717) is 35.4 Å². The molecule has 1 radical (unpaired) electrons. The molecule has 6 heteroatoms.